The highest BCUT2D eigenvalue weighted by atomic mass is 35.5. The van der Waals surface area contributed by atoms with Gasteiger partial charge in [-0.2, -0.15) is 0 Å². The number of para-hydroxylation sites is 2. The molecule has 4 atom stereocenters. The van der Waals surface area contributed by atoms with Gasteiger partial charge in [-0.15, -0.1) is 11.3 Å². The molecule has 1 aromatic heterocycles. The molecule has 1 spiro atoms. The topological polar surface area (TPSA) is 66.5 Å². The average Bonchev–Trinajstić information content (AvgIpc) is 3.66. The van der Waals surface area contributed by atoms with Gasteiger partial charge in [-0.3, -0.25) is 14.4 Å². The molecule has 0 saturated carbocycles. The lowest BCUT2D eigenvalue weighted by Gasteiger charge is -2.39. The minimum Gasteiger partial charge on any atom is -0.352 e. The van der Waals surface area contributed by atoms with E-state index in [1.54, 1.807) is 30.3 Å². The van der Waals surface area contributed by atoms with Crippen LogP contribution in [0, 0.1) is 5.92 Å². The molecule has 3 aliphatic rings. The molecule has 0 bridgehead atoms. The van der Waals surface area contributed by atoms with Crippen molar-refractivity contribution in [2.24, 2.45) is 5.92 Å². The number of hydrogen-bond acceptors (Lipinski definition) is 5. The Balaban J connectivity index is 1.57. The van der Waals surface area contributed by atoms with Crippen molar-refractivity contribution < 1.29 is 14.4 Å². The van der Waals surface area contributed by atoms with E-state index in [0.29, 0.717) is 21.2 Å². The van der Waals surface area contributed by atoms with Crippen LogP contribution in [0.2, 0.25) is 5.02 Å². The lowest BCUT2D eigenvalue weighted by molar-refractivity contribution is -0.121. The maximum Gasteiger partial charge on any atom is 0.238 e. The third-order valence-electron chi connectivity index (χ3n) is 8.34. The molecular formula is C32H23ClN2O3S. The fraction of sp³-hybridized carbons (Fsp3) is 0.156. The monoisotopic (exact) mass is 550 g/mol. The Morgan fingerprint density at radius 3 is 2.46 bits per heavy atom. The van der Waals surface area contributed by atoms with Gasteiger partial charge in [0.1, 0.15) is 11.5 Å². The van der Waals surface area contributed by atoms with Crippen molar-refractivity contribution in [2.45, 2.75) is 24.4 Å². The Bertz CT molecular complexity index is 1710. The van der Waals surface area contributed by atoms with Crippen LogP contribution in [0.3, 0.4) is 0 Å². The Labute approximate surface area is 234 Å². The molecule has 0 unspecified atom stereocenters. The number of fused-ring (bicyclic) bond motifs is 6. The van der Waals surface area contributed by atoms with Crippen molar-refractivity contribution in [1.29, 1.82) is 0 Å². The minimum absolute atomic E-state index is 0.222. The smallest absolute Gasteiger partial charge is 0.238 e. The second-order valence-corrected chi connectivity index (χ2v) is 11.6. The van der Waals surface area contributed by atoms with Gasteiger partial charge in [0.15, 0.2) is 11.6 Å². The third kappa shape index (κ3) is 3.22. The fourth-order valence-electron chi connectivity index (χ4n) is 6.78. The van der Waals surface area contributed by atoms with E-state index >= 15 is 0 Å². The first kappa shape index (κ1) is 24.1. The van der Waals surface area contributed by atoms with Gasteiger partial charge in [0.05, 0.1) is 21.9 Å². The Hall–Kier alpha value is -4.00. The van der Waals surface area contributed by atoms with E-state index in [1.807, 2.05) is 71.8 Å². The first-order chi connectivity index (χ1) is 18.9. The summed E-state index contributed by atoms with van der Waals surface area (Å²) in [4.78, 5) is 46.1. The van der Waals surface area contributed by atoms with Crippen LogP contribution in [0.1, 0.15) is 38.1 Å². The number of allylic oxidation sites excluding steroid dienone is 1. The van der Waals surface area contributed by atoms with E-state index in [2.05, 4.69) is 11.4 Å². The number of hydrogen-bond donors (Lipinski definition) is 1. The number of benzene rings is 3. The highest BCUT2D eigenvalue weighted by Crippen LogP contribution is 2.59. The van der Waals surface area contributed by atoms with Gasteiger partial charge in [0.2, 0.25) is 5.91 Å². The van der Waals surface area contributed by atoms with Gasteiger partial charge in [0.25, 0.3) is 0 Å². The molecule has 5 nitrogen and oxygen atoms in total. The molecule has 4 aromatic rings. The maximum absolute atomic E-state index is 14.6. The van der Waals surface area contributed by atoms with Gasteiger partial charge in [-0.25, -0.2) is 0 Å². The number of anilines is 2. The minimum atomic E-state index is -1.33. The van der Waals surface area contributed by atoms with Gasteiger partial charge in [0, 0.05) is 22.5 Å². The standard InChI is InChI=1S/C32H23ClN2O3S/c1-18-17-26-32(21-11-4-6-13-23(21)34-31(32)38)27(30(37)25-15-8-16-39-25)28(29(36)20-10-2-5-12-22(20)33)35(26)24-14-7-3-9-19(18)24/h2-17,26-28H,1H3,(H,34,38)/t26-,27+,28-,32-/m1/s1. The van der Waals surface area contributed by atoms with Crippen LogP contribution in [-0.2, 0) is 10.2 Å². The molecule has 0 radical (unpaired) electrons. The van der Waals surface area contributed by atoms with Crippen molar-refractivity contribution in [3.8, 4) is 0 Å². The van der Waals surface area contributed by atoms with Crippen LogP contribution in [0.25, 0.3) is 5.57 Å². The molecule has 7 heteroatoms. The molecule has 1 saturated heterocycles. The third-order valence-corrected chi connectivity index (χ3v) is 9.55. The number of Topliss-reactive ketones (excluding diaryl/α,β-unsaturated/α-hetero) is 2. The van der Waals surface area contributed by atoms with E-state index in [0.717, 1.165) is 22.4 Å². The summed E-state index contributed by atoms with van der Waals surface area (Å²) >= 11 is 7.89. The molecule has 1 amide bonds. The summed E-state index contributed by atoms with van der Waals surface area (Å²) in [5.41, 5.74) is 3.20. The second-order valence-electron chi connectivity index (χ2n) is 10.2. The maximum atomic E-state index is 14.6. The summed E-state index contributed by atoms with van der Waals surface area (Å²) in [6, 6.07) is 24.3. The van der Waals surface area contributed by atoms with Crippen molar-refractivity contribution in [2.75, 3.05) is 10.2 Å². The number of nitrogens with zero attached hydrogens (tertiary/aromatic N) is 1. The van der Waals surface area contributed by atoms with Crippen molar-refractivity contribution in [3.05, 3.63) is 123 Å². The normalized spacial score (nSPS) is 24.6. The van der Waals surface area contributed by atoms with Gasteiger partial charge < -0.3 is 10.2 Å². The molecule has 192 valence electrons. The van der Waals surface area contributed by atoms with Crippen molar-refractivity contribution in [3.63, 3.8) is 0 Å². The van der Waals surface area contributed by atoms with Gasteiger partial charge >= 0.3 is 0 Å². The highest BCUT2D eigenvalue weighted by Gasteiger charge is 2.70. The van der Waals surface area contributed by atoms with Crippen LogP contribution in [-0.4, -0.2) is 29.6 Å². The number of nitrogens with one attached hydrogen (secondary N) is 1. The number of halogens is 1. The van der Waals surface area contributed by atoms with Crippen LogP contribution in [0.15, 0.2) is 96.4 Å². The van der Waals surface area contributed by atoms with E-state index in [-0.39, 0.29) is 17.5 Å². The zero-order chi connectivity index (χ0) is 26.9. The quantitative estimate of drug-likeness (QED) is 0.289. The molecule has 4 heterocycles. The predicted octanol–water partition coefficient (Wildman–Crippen LogP) is 6.65. The Kier molecular flexibility index (Phi) is 5.41. The van der Waals surface area contributed by atoms with Gasteiger partial charge in [-0.05, 0) is 53.8 Å². The van der Waals surface area contributed by atoms with E-state index in [4.69, 9.17) is 11.6 Å². The lowest BCUT2D eigenvalue weighted by Crippen LogP contribution is -2.51. The first-order valence-electron chi connectivity index (χ1n) is 12.8. The van der Waals surface area contributed by atoms with Crippen LogP contribution >= 0.6 is 22.9 Å². The summed E-state index contributed by atoms with van der Waals surface area (Å²) < 4.78 is 0. The average molecular weight is 551 g/mol. The SMILES string of the molecule is CC1=C[C@H]2N(c3ccccc31)[C@@H](C(=O)c1ccccc1Cl)[C@@H](C(=O)c1cccs1)[C@]21C(=O)Nc2ccccc21. The fourth-order valence-corrected chi connectivity index (χ4v) is 7.71. The molecule has 3 aromatic carbocycles. The number of rotatable bonds is 4. The summed E-state index contributed by atoms with van der Waals surface area (Å²) in [6.07, 6.45) is 2.05. The number of carbonyl (C=O) groups is 3. The molecule has 1 fully saturated rings. The zero-order valence-electron chi connectivity index (χ0n) is 20.9. The highest BCUT2D eigenvalue weighted by molar-refractivity contribution is 7.12. The summed E-state index contributed by atoms with van der Waals surface area (Å²) in [5.74, 6) is -1.77. The number of carbonyl (C=O) groups excluding carboxylic acids is 3. The molecule has 0 aliphatic carbocycles. The van der Waals surface area contributed by atoms with E-state index in [9.17, 15) is 14.4 Å². The number of ketones is 2. The van der Waals surface area contributed by atoms with Crippen molar-refractivity contribution in [1.82, 2.24) is 0 Å². The largest absolute Gasteiger partial charge is 0.352 e. The molecule has 39 heavy (non-hydrogen) atoms. The lowest BCUT2D eigenvalue weighted by atomic mass is 9.64. The summed E-state index contributed by atoms with van der Waals surface area (Å²) in [5, 5.41) is 5.22. The second kappa shape index (κ2) is 8.76. The Morgan fingerprint density at radius 1 is 0.923 bits per heavy atom. The van der Waals surface area contributed by atoms with Gasteiger partial charge in [-0.1, -0.05) is 72.3 Å². The predicted molar refractivity (Wildman–Crippen MR) is 155 cm³/mol. The zero-order valence-corrected chi connectivity index (χ0v) is 22.5. The molecule has 1 N–H and O–H groups in total. The molecule has 7 rings (SSSR count). The molecular weight excluding hydrogens is 528 g/mol. The van der Waals surface area contributed by atoms with Crippen molar-refractivity contribution >= 4 is 57.4 Å². The summed E-state index contributed by atoms with van der Waals surface area (Å²) in [6.45, 7) is 2.02. The van der Waals surface area contributed by atoms with E-state index < -0.39 is 23.4 Å². The first-order valence-corrected chi connectivity index (χ1v) is 14.0. The Morgan fingerprint density at radius 2 is 1.67 bits per heavy atom. The number of thiophene rings is 1. The summed E-state index contributed by atoms with van der Waals surface area (Å²) in [7, 11) is 0. The molecule has 3 aliphatic heterocycles. The van der Waals surface area contributed by atoms with E-state index in [1.165, 1.54) is 11.3 Å². The van der Waals surface area contributed by atoms with Crippen LogP contribution < -0.4 is 10.2 Å². The van der Waals surface area contributed by atoms with Crippen LogP contribution in [0.4, 0.5) is 11.4 Å². The number of amides is 1. The van der Waals surface area contributed by atoms with Crippen LogP contribution in [0.5, 0.6) is 0 Å².